The summed E-state index contributed by atoms with van der Waals surface area (Å²) in [5.41, 5.74) is 0.324. The van der Waals surface area contributed by atoms with Gasteiger partial charge in [0, 0.05) is 13.0 Å². The SMILES string of the molecule is Cc1cc(S(=O)(=O)NCCCCC(F)(F)F)sc1C(=O)O. The first-order valence-corrected chi connectivity index (χ1v) is 8.23. The van der Waals surface area contributed by atoms with Crippen molar-refractivity contribution < 1.29 is 31.5 Å². The van der Waals surface area contributed by atoms with Gasteiger partial charge in [0.1, 0.15) is 9.09 Å². The number of halogens is 3. The molecule has 5 nitrogen and oxygen atoms in total. The second-order valence-corrected chi connectivity index (χ2v) is 7.40. The summed E-state index contributed by atoms with van der Waals surface area (Å²) in [7, 11) is -3.89. The van der Waals surface area contributed by atoms with Gasteiger partial charge in [-0.1, -0.05) is 0 Å². The summed E-state index contributed by atoms with van der Waals surface area (Å²) in [5, 5.41) is 8.86. The highest BCUT2D eigenvalue weighted by Crippen LogP contribution is 2.26. The summed E-state index contributed by atoms with van der Waals surface area (Å²) >= 11 is 0.613. The van der Waals surface area contributed by atoms with Gasteiger partial charge in [0.25, 0.3) is 0 Å². The molecule has 0 bridgehead atoms. The van der Waals surface area contributed by atoms with Crippen LogP contribution >= 0.6 is 11.3 Å². The number of unbranched alkanes of at least 4 members (excludes halogenated alkanes) is 1. The Morgan fingerprint density at radius 3 is 2.48 bits per heavy atom. The molecule has 0 radical (unpaired) electrons. The molecule has 2 N–H and O–H groups in total. The highest BCUT2D eigenvalue weighted by molar-refractivity contribution is 7.91. The lowest BCUT2D eigenvalue weighted by atomic mass is 10.2. The smallest absolute Gasteiger partial charge is 0.389 e. The molecule has 0 amide bonds. The van der Waals surface area contributed by atoms with Crippen molar-refractivity contribution in [3.63, 3.8) is 0 Å². The van der Waals surface area contributed by atoms with Crippen molar-refractivity contribution in [1.29, 1.82) is 0 Å². The molecule has 10 heteroatoms. The van der Waals surface area contributed by atoms with Gasteiger partial charge >= 0.3 is 12.1 Å². The molecule has 1 aromatic rings. The number of nitrogens with one attached hydrogen (secondary N) is 1. The number of aromatic carboxylic acids is 1. The van der Waals surface area contributed by atoms with Crippen LogP contribution in [0.2, 0.25) is 0 Å². The molecule has 0 aliphatic carbocycles. The highest BCUT2D eigenvalue weighted by Gasteiger charge is 2.26. The largest absolute Gasteiger partial charge is 0.477 e. The normalized spacial score (nSPS) is 12.6. The minimum absolute atomic E-state index is 0.0505. The van der Waals surface area contributed by atoms with Crippen molar-refractivity contribution in [2.75, 3.05) is 6.54 Å². The number of carboxylic acid groups (broad SMARTS) is 1. The van der Waals surface area contributed by atoms with E-state index in [1.54, 1.807) is 0 Å². The Kier molecular flexibility index (Phi) is 5.76. The van der Waals surface area contributed by atoms with Gasteiger partial charge in [-0.25, -0.2) is 17.9 Å². The average molecular weight is 345 g/mol. The third kappa shape index (κ3) is 5.64. The van der Waals surface area contributed by atoms with Crippen LogP contribution in [0.3, 0.4) is 0 Å². The minimum Gasteiger partial charge on any atom is -0.477 e. The Balaban J connectivity index is 2.58. The van der Waals surface area contributed by atoms with Crippen molar-refractivity contribution in [1.82, 2.24) is 4.72 Å². The molecular weight excluding hydrogens is 331 g/mol. The predicted octanol–water partition coefficient (Wildman–Crippen LogP) is 2.77. The number of hydrogen-bond acceptors (Lipinski definition) is 4. The number of carbonyl (C=O) groups is 1. The third-order valence-corrected chi connectivity index (χ3v) is 5.69. The van der Waals surface area contributed by atoms with Crippen LogP contribution < -0.4 is 4.72 Å². The maximum absolute atomic E-state index is 11.9. The van der Waals surface area contributed by atoms with E-state index in [0.717, 1.165) is 0 Å². The van der Waals surface area contributed by atoms with E-state index in [1.807, 2.05) is 0 Å². The molecule has 1 heterocycles. The Labute approximate surface area is 123 Å². The van der Waals surface area contributed by atoms with Gasteiger partial charge in [0.15, 0.2) is 0 Å². The van der Waals surface area contributed by atoms with Crippen LogP contribution in [-0.4, -0.2) is 32.2 Å². The first-order chi connectivity index (χ1) is 9.53. The van der Waals surface area contributed by atoms with Crippen LogP contribution in [0.4, 0.5) is 13.2 Å². The summed E-state index contributed by atoms with van der Waals surface area (Å²) in [5.74, 6) is -1.22. The predicted molar refractivity (Wildman–Crippen MR) is 71.1 cm³/mol. The Hall–Kier alpha value is -1.13. The van der Waals surface area contributed by atoms with Gasteiger partial charge in [-0.2, -0.15) is 13.2 Å². The fourth-order valence-corrected chi connectivity index (χ4v) is 4.02. The van der Waals surface area contributed by atoms with Gasteiger partial charge < -0.3 is 5.11 Å². The lowest BCUT2D eigenvalue weighted by Gasteiger charge is -2.06. The maximum Gasteiger partial charge on any atom is 0.389 e. The number of alkyl halides is 3. The van der Waals surface area contributed by atoms with Crippen LogP contribution in [-0.2, 0) is 10.0 Å². The van der Waals surface area contributed by atoms with Gasteiger partial charge in [-0.05, 0) is 31.4 Å². The molecule has 0 saturated heterocycles. The number of thiophene rings is 1. The van der Waals surface area contributed by atoms with Crippen molar-refractivity contribution in [3.05, 3.63) is 16.5 Å². The number of hydrogen-bond donors (Lipinski definition) is 2. The monoisotopic (exact) mass is 345 g/mol. The number of aryl methyl sites for hydroxylation is 1. The molecular formula is C11H14F3NO4S2. The van der Waals surface area contributed by atoms with Crippen LogP contribution in [0, 0.1) is 6.92 Å². The fraction of sp³-hybridized carbons (Fsp3) is 0.545. The van der Waals surface area contributed by atoms with Gasteiger partial charge in [-0.15, -0.1) is 11.3 Å². The summed E-state index contributed by atoms with van der Waals surface area (Å²) in [6.45, 7) is 1.35. The van der Waals surface area contributed by atoms with E-state index in [1.165, 1.54) is 13.0 Å². The van der Waals surface area contributed by atoms with Crippen molar-refractivity contribution in [2.24, 2.45) is 0 Å². The Morgan fingerprint density at radius 2 is 2.00 bits per heavy atom. The van der Waals surface area contributed by atoms with E-state index >= 15 is 0 Å². The zero-order valence-electron chi connectivity index (χ0n) is 11.0. The molecule has 0 saturated carbocycles. The maximum atomic E-state index is 11.9. The van der Waals surface area contributed by atoms with E-state index in [-0.39, 0.29) is 28.5 Å². The van der Waals surface area contributed by atoms with Crippen molar-refractivity contribution in [2.45, 2.75) is 36.6 Å². The lowest BCUT2D eigenvalue weighted by molar-refractivity contribution is -0.135. The molecule has 0 fully saturated rings. The van der Waals surface area contributed by atoms with Crippen molar-refractivity contribution >= 4 is 27.3 Å². The Bertz CT molecular complexity index is 607. The van der Waals surface area contributed by atoms with Crippen LogP contribution in [0.25, 0.3) is 0 Å². The first kappa shape index (κ1) is 17.9. The van der Waals surface area contributed by atoms with Crippen LogP contribution in [0.15, 0.2) is 10.3 Å². The molecule has 1 rings (SSSR count). The zero-order valence-corrected chi connectivity index (χ0v) is 12.7. The standard InChI is InChI=1S/C11H14F3NO4S2/c1-7-6-8(20-9(7)10(16)17)21(18,19)15-5-3-2-4-11(12,13)14/h6,15H,2-5H2,1H3,(H,16,17). The Morgan fingerprint density at radius 1 is 1.38 bits per heavy atom. The summed E-state index contributed by atoms with van der Waals surface area (Å²) in [4.78, 5) is 10.8. The molecule has 1 aromatic heterocycles. The third-order valence-electron chi connectivity index (χ3n) is 2.53. The lowest BCUT2D eigenvalue weighted by Crippen LogP contribution is -2.24. The van der Waals surface area contributed by atoms with E-state index < -0.39 is 28.6 Å². The van der Waals surface area contributed by atoms with Gasteiger partial charge in [-0.3, -0.25) is 0 Å². The number of sulfonamides is 1. The summed E-state index contributed by atoms with van der Waals surface area (Å²) in [6.07, 6.45) is -5.33. The fourth-order valence-electron chi connectivity index (χ4n) is 1.53. The summed E-state index contributed by atoms with van der Waals surface area (Å²) < 4.78 is 61.5. The molecule has 0 unspecified atom stereocenters. The summed E-state index contributed by atoms with van der Waals surface area (Å²) in [6, 6.07) is 1.23. The molecule has 120 valence electrons. The van der Waals surface area contributed by atoms with E-state index in [0.29, 0.717) is 16.9 Å². The van der Waals surface area contributed by atoms with Crippen LogP contribution in [0.1, 0.15) is 34.5 Å². The molecule has 0 aliphatic heterocycles. The molecule has 0 atom stereocenters. The second-order valence-electron chi connectivity index (χ2n) is 4.35. The first-order valence-electron chi connectivity index (χ1n) is 5.93. The molecule has 21 heavy (non-hydrogen) atoms. The second kappa shape index (κ2) is 6.75. The van der Waals surface area contributed by atoms with E-state index in [4.69, 9.17) is 5.11 Å². The van der Waals surface area contributed by atoms with Gasteiger partial charge in [0.2, 0.25) is 10.0 Å². The molecule has 0 spiro atoms. The minimum atomic E-state index is -4.25. The average Bonchev–Trinajstić information content (AvgIpc) is 2.70. The number of rotatable bonds is 7. The van der Waals surface area contributed by atoms with Gasteiger partial charge in [0.05, 0.1) is 0 Å². The highest BCUT2D eigenvalue weighted by atomic mass is 32.2. The molecule has 0 aliphatic rings. The van der Waals surface area contributed by atoms with Crippen molar-refractivity contribution in [3.8, 4) is 0 Å². The van der Waals surface area contributed by atoms with E-state index in [9.17, 15) is 26.4 Å². The van der Waals surface area contributed by atoms with E-state index in [2.05, 4.69) is 4.72 Å². The molecule has 0 aromatic carbocycles. The quantitative estimate of drug-likeness (QED) is 0.745. The topological polar surface area (TPSA) is 83.5 Å². The van der Waals surface area contributed by atoms with Crippen LogP contribution in [0.5, 0.6) is 0 Å². The zero-order chi connectivity index (χ0) is 16.3. The number of carboxylic acids is 1.